The molecule has 360 valence electrons. The van der Waals surface area contributed by atoms with Crippen LogP contribution in [0.15, 0.2) is 77.8 Å². The second kappa shape index (κ2) is 17.9. The van der Waals surface area contributed by atoms with Gasteiger partial charge in [0.25, 0.3) is 27.5 Å². The van der Waals surface area contributed by atoms with Crippen molar-refractivity contribution < 1.29 is 37.5 Å². The number of carbonyl (C=O) groups excluding carboxylic acids is 1. The number of methoxy groups -OCH3 is 1. The number of carbonyl (C=O) groups is 1. The van der Waals surface area contributed by atoms with Crippen molar-refractivity contribution in [3.05, 3.63) is 99.7 Å². The minimum atomic E-state index is -4.69. The molecule has 3 aromatic carbocycles. The van der Waals surface area contributed by atoms with Gasteiger partial charge in [-0.1, -0.05) is 44.5 Å². The van der Waals surface area contributed by atoms with Crippen LogP contribution in [0.5, 0.6) is 23.1 Å². The summed E-state index contributed by atoms with van der Waals surface area (Å²) < 4.78 is 48.3. The smallest absolute Gasteiger partial charge is 0.297 e. The number of aliphatic hydroxyl groups is 1. The van der Waals surface area contributed by atoms with Gasteiger partial charge in [0, 0.05) is 67.7 Å². The number of H-pyrrole nitrogens is 1. The second-order valence-electron chi connectivity index (χ2n) is 20.4. The lowest BCUT2D eigenvalue weighted by Crippen LogP contribution is -2.63. The van der Waals surface area contributed by atoms with Crippen LogP contribution >= 0.6 is 0 Å². The average molecular weight is 948 g/mol. The maximum atomic E-state index is 14.2. The Bertz CT molecular complexity index is 2840. The largest absolute Gasteiger partial charge is 0.489 e. The molecule has 17 heteroatoms. The number of rotatable bonds is 12. The lowest BCUT2D eigenvalue weighted by atomic mass is 9.70. The van der Waals surface area contributed by atoms with Gasteiger partial charge in [-0.2, -0.15) is 4.98 Å². The first-order chi connectivity index (χ1) is 32.6. The zero-order valence-electron chi connectivity index (χ0n) is 39.1. The number of nitro groups is 1. The number of piperidine rings is 1. The molecule has 4 N–H and O–H groups in total. The number of anilines is 2. The Morgan fingerprint density at radius 2 is 1.76 bits per heavy atom. The molecule has 68 heavy (non-hydrogen) atoms. The molecule has 3 atom stereocenters. The molecule has 2 saturated heterocycles. The molecule has 5 heterocycles. The van der Waals surface area contributed by atoms with Crippen molar-refractivity contribution in [1.29, 1.82) is 0 Å². The number of aromatic nitrogens is 2. The molecule has 0 bridgehead atoms. The molecule has 5 aromatic rings. The molecule has 2 aliphatic carbocycles. The first-order valence-corrected chi connectivity index (χ1v) is 25.5. The van der Waals surface area contributed by atoms with Crippen LogP contribution in [0.25, 0.3) is 11.0 Å². The van der Waals surface area contributed by atoms with Crippen molar-refractivity contribution in [2.75, 3.05) is 50.1 Å². The number of likely N-dealkylation sites (tertiary alicyclic amines) is 1. The van der Waals surface area contributed by atoms with Gasteiger partial charge in [-0.3, -0.25) is 19.8 Å². The van der Waals surface area contributed by atoms with Crippen molar-refractivity contribution in [2.24, 2.45) is 11.3 Å². The number of hydrogen-bond acceptors (Lipinski definition) is 13. The van der Waals surface area contributed by atoms with E-state index < -0.39 is 37.0 Å². The molecular weight excluding hydrogens is 887 g/mol. The highest BCUT2D eigenvalue weighted by Crippen LogP contribution is 2.49. The summed E-state index contributed by atoms with van der Waals surface area (Å²) in [4.78, 5) is 38.1. The average Bonchev–Trinajstić information content (AvgIpc) is 3.99. The lowest BCUT2D eigenvalue weighted by Gasteiger charge is -2.57. The Kier molecular flexibility index (Phi) is 12.1. The number of benzene rings is 3. The Morgan fingerprint density at radius 1 is 1.00 bits per heavy atom. The standard InChI is InChI=1S/C51H61N7O9S/c1-31(2)36-8-5-6-9-37(36)38-10-7-11-41(38)57-29-51(30-57)19-22-56(23-20-51)34-12-13-39(43(25-34)67-45-24-33-16-21-52-47(33)54-49(45)65-4)48(59)55-68(63,64)35-26-42(58(61)62)46-44(27-35)66-28-40(53-46)32-14-17-50(3,60)18-15-32/h5-6,8-9,12-13,16,21,24-27,31-32,38,40-41,53,60H,7,10-11,14-15,17-20,22-23,28-30H2,1-4H3,(H,52,54)(H,55,59)/t32-,38-,40+,41-,50-/m0/s1. The Balaban J connectivity index is 0.875. The van der Waals surface area contributed by atoms with Crippen molar-refractivity contribution >= 4 is 44.0 Å². The summed E-state index contributed by atoms with van der Waals surface area (Å²) in [7, 11) is -3.23. The Hall–Kier alpha value is -5.91. The SMILES string of the molecule is COc1nc2[nH]ccc2cc1Oc1cc(N2CCC3(CC2)CN([C@H]2CCC[C@H]2c2ccccc2C(C)C)C3)ccc1C(=O)NS(=O)(=O)c1cc2c(c([N+](=O)[O-])c1)N[C@@H]([C@H]1CC[C@](C)(O)CC1)CO2. The van der Waals surface area contributed by atoms with Gasteiger partial charge in [0.15, 0.2) is 17.2 Å². The highest BCUT2D eigenvalue weighted by Gasteiger charge is 2.49. The molecule has 5 aliphatic rings. The first kappa shape index (κ1) is 45.9. The van der Waals surface area contributed by atoms with Crippen LogP contribution in [0.2, 0.25) is 0 Å². The van der Waals surface area contributed by atoms with E-state index in [1.165, 1.54) is 43.6 Å². The molecule has 4 fully saturated rings. The van der Waals surface area contributed by atoms with E-state index in [-0.39, 0.29) is 58.4 Å². The van der Waals surface area contributed by atoms with E-state index >= 15 is 0 Å². The zero-order chi connectivity index (χ0) is 47.5. The highest BCUT2D eigenvalue weighted by molar-refractivity contribution is 7.90. The van der Waals surface area contributed by atoms with Gasteiger partial charge < -0.3 is 34.5 Å². The van der Waals surface area contributed by atoms with Crippen LogP contribution in [-0.2, 0) is 10.0 Å². The molecule has 0 radical (unpaired) electrons. The van der Waals surface area contributed by atoms with E-state index in [1.54, 1.807) is 37.4 Å². The van der Waals surface area contributed by atoms with E-state index in [9.17, 15) is 28.4 Å². The molecule has 0 unspecified atom stereocenters. The molecule has 2 aromatic heterocycles. The number of nitrogens with zero attached hydrogens (tertiary/aromatic N) is 4. The molecule has 1 amide bonds. The number of aromatic amines is 1. The molecule has 1 spiro atoms. The Morgan fingerprint density at radius 3 is 2.50 bits per heavy atom. The van der Waals surface area contributed by atoms with E-state index in [0.717, 1.165) is 56.2 Å². The number of pyridine rings is 1. The third kappa shape index (κ3) is 8.84. The van der Waals surface area contributed by atoms with Crippen LogP contribution in [0.4, 0.5) is 17.1 Å². The zero-order valence-corrected chi connectivity index (χ0v) is 39.9. The minimum absolute atomic E-state index is 0.00716. The van der Waals surface area contributed by atoms with Crippen LogP contribution < -0.4 is 29.1 Å². The summed E-state index contributed by atoms with van der Waals surface area (Å²) in [6.07, 6.45) is 10.1. The summed E-state index contributed by atoms with van der Waals surface area (Å²) in [5, 5.41) is 26.9. The second-order valence-corrected chi connectivity index (χ2v) is 22.1. The van der Waals surface area contributed by atoms with Crippen LogP contribution in [0, 0.1) is 21.4 Å². The molecule has 3 aliphatic heterocycles. The predicted molar refractivity (Wildman–Crippen MR) is 259 cm³/mol. The maximum Gasteiger partial charge on any atom is 0.297 e. The molecule has 16 nitrogen and oxygen atoms in total. The number of nitro benzene ring substituents is 1. The minimum Gasteiger partial charge on any atom is -0.489 e. The molecule has 2 saturated carbocycles. The van der Waals surface area contributed by atoms with Crippen LogP contribution in [-0.4, -0.2) is 96.8 Å². The highest BCUT2D eigenvalue weighted by atomic mass is 32.2. The Labute approximate surface area is 397 Å². The van der Waals surface area contributed by atoms with Gasteiger partial charge in [0.1, 0.15) is 18.0 Å². The van der Waals surface area contributed by atoms with Crippen LogP contribution in [0.1, 0.15) is 112 Å². The van der Waals surface area contributed by atoms with Crippen molar-refractivity contribution in [2.45, 2.75) is 113 Å². The van der Waals surface area contributed by atoms with Gasteiger partial charge in [0.2, 0.25) is 0 Å². The summed E-state index contributed by atoms with van der Waals surface area (Å²) >= 11 is 0. The summed E-state index contributed by atoms with van der Waals surface area (Å²) in [6, 6.07) is 20.1. The number of fused-ring (bicyclic) bond motifs is 2. The van der Waals surface area contributed by atoms with E-state index in [1.807, 2.05) is 6.07 Å². The number of amides is 1. The van der Waals surface area contributed by atoms with Gasteiger partial charge in [-0.05, 0) is 117 Å². The monoisotopic (exact) mass is 947 g/mol. The van der Waals surface area contributed by atoms with Crippen molar-refractivity contribution in [3.63, 3.8) is 0 Å². The van der Waals surface area contributed by atoms with E-state index in [2.05, 4.69) is 67.9 Å². The maximum absolute atomic E-state index is 14.2. The van der Waals surface area contributed by atoms with Gasteiger partial charge in [-0.15, -0.1) is 0 Å². The van der Waals surface area contributed by atoms with Gasteiger partial charge in [0.05, 0.1) is 34.1 Å². The topological polar surface area (TPSA) is 201 Å². The fourth-order valence-electron chi connectivity index (χ4n) is 11.7. The molecular formula is C51H61N7O9S. The summed E-state index contributed by atoms with van der Waals surface area (Å²) in [6.45, 7) is 10.3. The fourth-order valence-corrected chi connectivity index (χ4v) is 12.7. The van der Waals surface area contributed by atoms with E-state index in [0.29, 0.717) is 49.2 Å². The summed E-state index contributed by atoms with van der Waals surface area (Å²) in [5.74, 6) is 0.596. The third-order valence-corrected chi connectivity index (χ3v) is 16.8. The number of ether oxygens (including phenoxy) is 3. The first-order valence-electron chi connectivity index (χ1n) is 24.0. The molecule has 10 rings (SSSR count). The van der Waals surface area contributed by atoms with Crippen molar-refractivity contribution in [3.8, 4) is 23.1 Å². The van der Waals surface area contributed by atoms with Gasteiger partial charge in [-0.25, -0.2) is 13.1 Å². The third-order valence-electron chi connectivity index (χ3n) is 15.5. The number of nitrogens with one attached hydrogen (secondary N) is 3. The quantitative estimate of drug-likeness (QED) is 0.0683. The van der Waals surface area contributed by atoms with E-state index in [4.69, 9.17) is 14.2 Å². The number of sulfonamides is 1. The normalized spacial score (nSPS) is 24.8. The van der Waals surface area contributed by atoms with Gasteiger partial charge >= 0.3 is 0 Å². The fraction of sp³-hybridized carbons (Fsp3) is 0.490. The summed E-state index contributed by atoms with van der Waals surface area (Å²) in [5.41, 5.74) is 3.36. The number of hydrogen-bond donors (Lipinski definition) is 4. The van der Waals surface area contributed by atoms with Crippen LogP contribution in [0.3, 0.4) is 0 Å². The van der Waals surface area contributed by atoms with Crippen molar-refractivity contribution in [1.82, 2.24) is 19.6 Å². The predicted octanol–water partition coefficient (Wildman–Crippen LogP) is 8.87. The lowest BCUT2D eigenvalue weighted by molar-refractivity contribution is -0.384.